The summed E-state index contributed by atoms with van der Waals surface area (Å²) in [4.78, 5) is 0. The van der Waals surface area contributed by atoms with Crippen LogP contribution in [0.15, 0.2) is 23.0 Å². The van der Waals surface area contributed by atoms with Crippen LogP contribution in [0, 0.1) is 6.92 Å². The lowest BCUT2D eigenvalue weighted by Crippen LogP contribution is -3.00. The molecule has 1 unspecified atom stereocenters. The van der Waals surface area contributed by atoms with Crippen molar-refractivity contribution in [1.29, 1.82) is 0 Å². The first-order chi connectivity index (χ1) is 6.48. The van der Waals surface area contributed by atoms with E-state index < -0.39 is 6.56 Å². The molecule has 1 atom stereocenters. The van der Waals surface area contributed by atoms with E-state index in [0.717, 1.165) is 11.3 Å². The fourth-order valence-electron chi connectivity index (χ4n) is 1.39. The van der Waals surface area contributed by atoms with Gasteiger partial charge >= 0.3 is 0 Å². The molecule has 1 heterocycles. The first-order valence-corrected chi connectivity index (χ1v) is 7.66. The van der Waals surface area contributed by atoms with Crippen molar-refractivity contribution in [2.45, 2.75) is 6.92 Å². The molecule has 0 saturated carbocycles. The van der Waals surface area contributed by atoms with Gasteiger partial charge in [0.15, 0.2) is 0 Å². The maximum atomic E-state index is 6.18. The summed E-state index contributed by atoms with van der Waals surface area (Å²) in [6, 6.07) is 6.00. The molecule has 1 N–H and O–H groups in total. The van der Waals surface area contributed by atoms with Gasteiger partial charge in [-0.25, -0.2) is 4.74 Å². The zero-order valence-corrected chi connectivity index (χ0v) is 11.4. The third-order valence-electron chi connectivity index (χ3n) is 2.00. The minimum absolute atomic E-state index is 0. The smallest absolute Gasteiger partial charge is 0.298 e. The largest absolute Gasteiger partial charge is 1.00 e. The Kier molecular flexibility index (Phi) is 3.89. The van der Waals surface area contributed by atoms with Crippen LogP contribution in [0.25, 0.3) is 0 Å². The standard InChI is InChI=1S/C9H9Cl2N2P.ClH/c1-6-3-4-7-8(5-6)12-14(2,11)13-9(7)10;/h3-5H,1-2H3;1H. The van der Waals surface area contributed by atoms with Gasteiger partial charge in [-0.1, -0.05) is 17.7 Å². The van der Waals surface area contributed by atoms with Crippen LogP contribution in [-0.4, -0.2) is 11.8 Å². The third kappa shape index (κ3) is 2.76. The van der Waals surface area contributed by atoms with Crippen LogP contribution < -0.4 is 17.2 Å². The Hall–Kier alpha value is -0.0100. The summed E-state index contributed by atoms with van der Waals surface area (Å²) >= 11 is 12.2. The van der Waals surface area contributed by atoms with E-state index in [4.69, 9.17) is 22.8 Å². The Morgan fingerprint density at radius 2 is 2.07 bits per heavy atom. The molecular weight excluding hydrogens is 273 g/mol. The van der Waals surface area contributed by atoms with Gasteiger partial charge in [0, 0.05) is 12.7 Å². The first kappa shape index (κ1) is 13.1. The molecule has 0 aliphatic carbocycles. The molecule has 1 aromatic carbocycles. The fraction of sp³-hybridized carbons (Fsp3) is 0.222. The van der Waals surface area contributed by atoms with Crippen LogP contribution in [0.1, 0.15) is 11.1 Å². The molecule has 1 aliphatic rings. The lowest BCUT2D eigenvalue weighted by Gasteiger charge is -2.09. The molecule has 6 heteroatoms. The summed E-state index contributed by atoms with van der Waals surface area (Å²) < 4.78 is 7.45. The van der Waals surface area contributed by atoms with Gasteiger partial charge in [0.25, 0.3) is 6.56 Å². The highest BCUT2D eigenvalue weighted by Gasteiger charge is 2.25. The van der Waals surface area contributed by atoms with Gasteiger partial charge in [-0.05, 0) is 29.8 Å². The Morgan fingerprint density at radius 3 is 2.73 bits per heavy atom. The van der Waals surface area contributed by atoms with Gasteiger partial charge in [-0.15, -0.1) is 0 Å². The van der Waals surface area contributed by atoms with E-state index in [2.05, 4.69) is 9.51 Å². The normalized spacial score (nSPS) is 23.3. The van der Waals surface area contributed by atoms with E-state index in [1.807, 2.05) is 31.8 Å². The van der Waals surface area contributed by atoms with E-state index in [9.17, 15) is 0 Å². The van der Waals surface area contributed by atoms with Gasteiger partial charge in [-0.2, -0.15) is 4.76 Å². The van der Waals surface area contributed by atoms with Crippen molar-refractivity contribution in [3.05, 3.63) is 29.3 Å². The van der Waals surface area contributed by atoms with Crippen molar-refractivity contribution in [1.82, 2.24) is 0 Å². The molecule has 15 heavy (non-hydrogen) atoms. The fourth-order valence-corrected chi connectivity index (χ4v) is 3.74. The maximum Gasteiger partial charge on any atom is 0.298 e. The zero-order valence-electron chi connectivity index (χ0n) is 8.26. The molecule has 0 fully saturated rings. The lowest BCUT2D eigenvalue weighted by atomic mass is 10.1. The molecule has 0 spiro atoms. The second kappa shape index (κ2) is 4.47. The van der Waals surface area contributed by atoms with Gasteiger partial charge in [-0.3, -0.25) is 0 Å². The number of fused-ring (bicyclic) bond motifs is 1. The zero-order chi connectivity index (χ0) is 10.3. The Bertz CT molecular complexity index is 476. The van der Waals surface area contributed by atoms with Gasteiger partial charge in [0.05, 0.1) is 5.56 Å². The van der Waals surface area contributed by atoms with Crippen LogP contribution >= 0.6 is 29.4 Å². The molecule has 0 amide bonds. The summed E-state index contributed by atoms with van der Waals surface area (Å²) in [5.74, 6) is 0. The average Bonchev–Trinajstić information content (AvgIpc) is 2.00. The van der Waals surface area contributed by atoms with Crippen LogP contribution in [0.4, 0.5) is 5.69 Å². The molecule has 0 aromatic heterocycles. The minimum atomic E-state index is -1.97. The lowest BCUT2D eigenvalue weighted by molar-refractivity contribution is -0.328. The van der Waals surface area contributed by atoms with E-state index in [0.29, 0.717) is 5.17 Å². The number of nitrogens with zero attached hydrogens (tertiary/aromatic N) is 1. The van der Waals surface area contributed by atoms with Gasteiger partial charge in [0.1, 0.15) is 5.17 Å². The van der Waals surface area contributed by atoms with Crippen molar-refractivity contribution < 1.29 is 17.2 Å². The van der Waals surface area contributed by atoms with E-state index >= 15 is 0 Å². The quantitative estimate of drug-likeness (QED) is 0.628. The van der Waals surface area contributed by atoms with Crippen LogP contribution in [0.2, 0.25) is 0 Å². The molecule has 0 bridgehead atoms. The molecule has 1 aliphatic heterocycles. The second-order valence-corrected chi connectivity index (χ2v) is 7.87. The Morgan fingerprint density at radius 1 is 1.40 bits per heavy atom. The third-order valence-corrected chi connectivity index (χ3v) is 4.11. The molecule has 0 radical (unpaired) electrons. The van der Waals surface area contributed by atoms with Crippen molar-refractivity contribution in [2.75, 3.05) is 6.66 Å². The molecule has 1 aromatic rings. The highest BCUT2D eigenvalue weighted by molar-refractivity contribution is 7.87. The molecule has 0 saturated heterocycles. The topological polar surface area (TPSA) is 26.3 Å². The number of benzene rings is 1. The number of rotatable bonds is 0. The Labute approximate surface area is 105 Å². The summed E-state index contributed by atoms with van der Waals surface area (Å²) in [6.07, 6.45) is 0. The van der Waals surface area contributed by atoms with Crippen LogP contribution in [-0.2, 0) is 0 Å². The van der Waals surface area contributed by atoms with Crippen molar-refractivity contribution >= 4 is 40.3 Å². The number of aryl methyl sites for hydroxylation is 1. The predicted molar refractivity (Wildman–Crippen MR) is 62.9 cm³/mol. The maximum absolute atomic E-state index is 6.18. The summed E-state index contributed by atoms with van der Waals surface area (Å²) in [5.41, 5.74) is 3.09. The van der Waals surface area contributed by atoms with Crippen molar-refractivity contribution in [2.24, 2.45) is 4.76 Å². The van der Waals surface area contributed by atoms with Crippen molar-refractivity contribution in [3.63, 3.8) is 0 Å². The summed E-state index contributed by atoms with van der Waals surface area (Å²) in [5, 5.41) is 0.504. The molecule has 2 rings (SSSR count). The highest BCUT2D eigenvalue weighted by Crippen LogP contribution is 2.48. The van der Waals surface area contributed by atoms with Crippen LogP contribution in [0.3, 0.4) is 0 Å². The molecule has 2 nitrogen and oxygen atoms in total. The minimum Gasteiger partial charge on any atom is -1.00 e. The monoisotopic (exact) mass is 282 g/mol. The second-order valence-electron chi connectivity index (χ2n) is 3.40. The number of halogens is 3. The number of nitrogens with one attached hydrogen (secondary N) is 1. The number of hydrogen-bond acceptors (Lipinski definition) is 1. The average molecular weight is 284 g/mol. The summed E-state index contributed by atoms with van der Waals surface area (Å²) in [7, 11) is 0. The van der Waals surface area contributed by atoms with Gasteiger partial charge in [0.2, 0.25) is 5.69 Å². The van der Waals surface area contributed by atoms with Gasteiger partial charge < -0.3 is 12.4 Å². The van der Waals surface area contributed by atoms with E-state index in [1.54, 1.807) is 0 Å². The molecule has 82 valence electrons. The SMILES string of the molecule is Cc1ccc2c(c1)[NH+]=P(C)(Cl)N=C2Cl.[Cl-]. The van der Waals surface area contributed by atoms with E-state index in [1.165, 1.54) is 5.56 Å². The van der Waals surface area contributed by atoms with Crippen molar-refractivity contribution in [3.8, 4) is 0 Å². The van der Waals surface area contributed by atoms with E-state index in [-0.39, 0.29) is 12.4 Å². The highest BCUT2D eigenvalue weighted by atomic mass is 35.7. The Balaban J connectivity index is 0.00000112. The number of hydrogen-bond donors (Lipinski definition) is 1. The van der Waals surface area contributed by atoms with Crippen LogP contribution in [0.5, 0.6) is 0 Å². The predicted octanol–water partition coefficient (Wildman–Crippen LogP) is -0.390. The first-order valence-electron chi connectivity index (χ1n) is 4.19. The summed E-state index contributed by atoms with van der Waals surface area (Å²) in [6.45, 7) is 1.94. The molecular formula is C9H10Cl3N2P.